The van der Waals surface area contributed by atoms with Crippen LogP contribution in [0.15, 0.2) is 17.8 Å². The summed E-state index contributed by atoms with van der Waals surface area (Å²) in [6, 6.07) is 0. The van der Waals surface area contributed by atoms with Crippen LogP contribution < -0.4 is 5.32 Å². The summed E-state index contributed by atoms with van der Waals surface area (Å²) in [5.74, 6) is 0. The molecule has 4 heteroatoms. The number of fused-ring (bicyclic) bond motifs is 1. The summed E-state index contributed by atoms with van der Waals surface area (Å²) < 4.78 is 2.14. The lowest BCUT2D eigenvalue weighted by Gasteiger charge is -2.42. The molecule has 18 heavy (non-hydrogen) atoms. The second kappa shape index (κ2) is 5.02. The van der Waals surface area contributed by atoms with E-state index in [1.165, 1.54) is 31.4 Å². The molecular formula is C14H21N3S. The zero-order chi connectivity index (χ0) is 12.4. The van der Waals surface area contributed by atoms with Crippen LogP contribution in [0.5, 0.6) is 0 Å². The van der Waals surface area contributed by atoms with Crippen molar-refractivity contribution in [1.82, 2.24) is 14.7 Å². The first kappa shape index (κ1) is 12.2. The summed E-state index contributed by atoms with van der Waals surface area (Å²) in [6.07, 6.45) is 10.7. The zero-order valence-electron chi connectivity index (χ0n) is 11.0. The van der Waals surface area contributed by atoms with Crippen molar-refractivity contribution < 1.29 is 0 Å². The topological polar surface area (TPSA) is 29.3 Å². The lowest BCUT2D eigenvalue weighted by atomic mass is 9.66. The first-order valence-electron chi connectivity index (χ1n) is 6.93. The van der Waals surface area contributed by atoms with E-state index in [0.717, 1.165) is 24.5 Å². The fourth-order valence-electron chi connectivity index (χ4n) is 2.87. The second-order valence-electron chi connectivity index (χ2n) is 5.53. The fourth-order valence-corrected chi connectivity index (χ4v) is 3.59. The maximum atomic E-state index is 4.72. The Balaban J connectivity index is 1.67. The smallest absolute Gasteiger partial charge is 0.193 e. The third-order valence-electron chi connectivity index (χ3n) is 4.04. The number of imidazole rings is 1. The molecule has 0 atom stereocenters. The van der Waals surface area contributed by atoms with Gasteiger partial charge in [-0.2, -0.15) is 0 Å². The minimum Gasteiger partial charge on any atom is -0.316 e. The van der Waals surface area contributed by atoms with E-state index in [2.05, 4.69) is 34.4 Å². The molecule has 1 fully saturated rings. The van der Waals surface area contributed by atoms with Crippen LogP contribution in [0.2, 0.25) is 0 Å². The van der Waals surface area contributed by atoms with Crippen LogP contribution in [0, 0.1) is 5.41 Å². The highest BCUT2D eigenvalue weighted by Gasteiger charge is 2.37. The van der Waals surface area contributed by atoms with Gasteiger partial charge in [0.2, 0.25) is 0 Å². The highest BCUT2D eigenvalue weighted by molar-refractivity contribution is 7.15. The third kappa shape index (κ3) is 2.31. The Kier molecular flexibility index (Phi) is 3.39. The molecule has 98 valence electrons. The van der Waals surface area contributed by atoms with Crippen LogP contribution in [-0.4, -0.2) is 22.5 Å². The molecule has 0 amide bonds. The molecular weight excluding hydrogens is 242 g/mol. The van der Waals surface area contributed by atoms with Gasteiger partial charge in [-0.25, -0.2) is 4.98 Å². The number of rotatable bonds is 6. The zero-order valence-corrected chi connectivity index (χ0v) is 11.8. The van der Waals surface area contributed by atoms with Crippen LogP contribution >= 0.6 is 11.3 Å². The molecule has 0 saturated heterocycles. The predicted molar refractivity (Wildman–Crippen MR) is 76.2 cm³/mol. The van der Waals surface area contributed by atoms with E-state index in [-0.39, 0.29) is 0 Å². The molecule has 3 rings (SSSR count). The van der Waals surface area contributed by atoms with Crippen LogP contribution in [0.25, 0.3) is 4.96 Å². The van der Waals surface area contributed by atoms with Crippen molar-refractivity contribution in [2.75, 3.05) is 13.1 Å². The average molecular weight is 263 g/mol. The van der Waals surface area contributed by atoms with Gasteiger partial charge in [-0.15, -0.1) is 11.3 Å². The van der Waals surface area contributed by atoms with Crippen molar-refractivity contribution in [3.8, 4) is 0 Å². The number of hydrogen-bond acceptors (Lipinski definition) is 3. The molecule has 0 aromatic carbocycles. The fraction of sp³-hybridized carbons (Fsp3) is 0.643. The van der Waals surface area contributed by atoms with E-state index in [0.29, 0.717) is 5.41 Å². The van der Waals surface area contributed by atoms with E-state index in [4.69, 9.17) is 4.98 Å². The quantitative estimate of drug-likeness (QED) is 0.811. The standard InChI is InChI=1S/C14H21N3S/c1-2-6-15-11-14(4-3-5-14)9-12-10-17-7-8-18-13(17)16-12/h7-8,10,15H,2-6,9,11H2,1H3. The van der Waals surface area contributed by atoms with Crippen molar-refractivity contribution >= 4 is 16.3 Å². The summed E-state index contributed by atoms with van der Waals surface area (Å²) in [5, 5.41) is 5.68. The number of nitrogens with zero attached hydrogens (tertiary/aromatic N) is 2. The van der Waals surface area contributed by atoms with Gasteiger partial charge < -0.3 is 5.32 Å². The Morgan fingerprint density at radius 2 is 2.39 bits per heavy atom. The Labute approximate surface area is 112 Å². The van der Waals surface area contributed by atoms with Crippen molar-refractivity contribution in [1.29, 1.82) is 0 Å². The van der Waals surface area contributed by atoms with Crippen molar-refractivity contribution in [3.63, 3.8) is 0 Å². The maximum Gasteiger partial charge on any atom is 0.193 e. The predicted octanol–water partition coefficient (Wildman–Crippen LogP) is 3.11. The van der Waals surface area contributed by atoms with Crippen LogP contribution in [0.4, 0.5) is 0 Å². The molecule has 0 aliphatic heterocycles. The number of nitrogens with one attached hydrogen (secondary N) is 1. The number of thiazole rings is 1. The van der Waals surface area contributed by atoms with Gasteiger partial charge in [0.05, 0.1) is 5.69 Å². The number of hydrogen-bond donors (Lipinski definition) is 1. The molecule has 1 saturated carbocycles. The minimum absolute atomic E-state index is 0.485. The summed E-state index contributed by atoms with van der Waals surface area (Å²) in [6.45, 7) is 4.52. The lowest BCUT2D eigenvalue weighted by Crippen LogP contribution is -2.42. The molecule has 2 heterocycles. The molecule has 2 aromatic heterocycles. The highest BCUT2D eigenvalue weighted by Crippen LogP contribution is 2.43. The molecule has 2 aromatic rings. The Morgan fingerprint density at radius 3 is 3.06 bits per heavy atom. The molecule has 1 aliphatic rings. The van der Waals surface area contributed by atoms with Gasteiger partial charge in [0.1, 0.15) is 0 Å². The Bertz CT molecular complexity index is 481. The van der Waals surface area contributed by atoms with Gasteiger partial charge in [-0.1, -0.05) is 13.3 Å². The van der Waals surface area contributed by atoms with Gasteiger partial charge in [-0.05, 0) is 37.6 Å². The molecule has 1 aliphatic carbocycles. The van der Waals surface area contributed by atoms with Gasteiger partial charge in [0, 0.05) is 24.3 Å². The van der Waals surface area contributed by atoms with Crippen molar-refractivity contribution in [2.24, 2.45) is 5.41 Å². The highest BCUT2D eigenvalue weighted by atomic mass is 32.1. The molecule has 0 spiro atoms. The molecule has 1 N–H and O–H groups in total. The van der Waals surface area contributed by atoms with E-state index in [9.17, 15) is 0 Å². The monoisotopic (exact) mass is 263 g/mol. The van der Waals surface area contributed by atoms with E-state index in [1.807, 2.05) is 0 Å². The lowest BCUT2D eigenvalue weighted by molar-refractivity contribution is 0.129. The van der Waals surface area contributed by atoms with Gasteiger partial charge in [0.15, 0.2) is 4.96 Å². The first-order chi connectivity index (χ1) is 8.81. The van der Waals surface area contributed by atoms with Gasteiger partial charge in [-0.3, -0.25) is 4.40 Å². The Morgan fingerprint density at radius 1 is 1.50 bits per heavy atom. The van der Waals surface area contributed by atoms with Gasteiger partial charge in [0.25, 0.3) is 0 Å². The normalized spacial score (nSPS) is 18.1. The SMILES string of the molecule is CCCNCC1(Cc2cn3ccsc3n2)CCC1. The largest absolute Gasteiger partial charge is 0.316 e. The number of aromatic nitrogens is 2. The van der Waals surface area contributed by atoms with E-state index < -0.39 is 0 Å². The maximum absolute atomic E-state index is 4.72. The average Bonchev–Trinajstić information content (AvgIpc) is 2.86. The summed E-state index contributed by atoms with van der Waals surface area (Å²) in [4.78, 5) is 5.85. The van der Waals surface area contributed by atoms with Crippen LogP contribution in [0.3, 0.4) is 0 Å². The third-order valence-corrected chi connectivity index (χ3v) is 4.81. The minimum atomic E-state index is 0.485. The molecule has 0 unspecified atom stereocenters. The van der Waals surface area contributed by atoms with Crippen molar-refractivity contribution in [2.45, 2.75) is 39.0 Å². The van der Waals surface area contributed by atoms with Crippen LogP contribution in [0.1, 0.15) is 38.3 Å². The van der Waals surface area contributed by atoms with Crippen LogP contribution in [-0.2, 0) is 6.42 Å². The van der Waals surface area contributed by atoms with Gasteiger partial charge >= 0.3 is 0 Å². The van der Waals surface area contributed by atoms with Crippen molar-refractivity contribution in [3.05, 3.63) is 23.5 Å². The Hall–Kier alpha value is -0.870. The summed E-state index contributed by atoms with van der Waals surface area (Å²) in [7, 11) is 0. The summed E-state index contributed by atoms with van der Waals surface area (Å²) >= 11 is 1.72. The second-order valence-corrected chi connectivity index (χ2v) is 6.41. The first-order valence-corrected chi connectivity index (χ1v) is 7.81. The van der Waals surface area contributed by atoms with E-state index >= 15 is 0 Å². The molecule has 0 radical (unpaired) electrons. The van der Waals surface area contributed by atoms with E-state index in [1.54, 1.807) is 11.3 Å². The molecule has 0 bridgehead atoms. The summed E-state index contributed by atoms with van der Waals surface area (Å²) in [5.41, 5.74) is 1.75. The molecule has 3 nitrogen and oxygen atoms in total.